The van der Waals surface area contributed by atoms with E-state index in [9.17, 15) is 0 Å². The number of rotatable bonds is 8. The minimum atomic E-state index is 0.151. The molecule has 1 saturated heterocycles. The van der Waals surface area contributed by atoms with Crippen molar-refractivity contribution in [2.24, 2.45) is 0 Å². The molecule has 0 radical (unpaired) electrons. The first-order valence-corrected chi connectivity index (χ1v) is 12.1. The van der Waals surface area contributed by atoms with E-state index in [4.69, 9.17) is 9.72 Å². The van der Waals surface area contributed by atoms with E-state index in [0.717, 1.165) is 81.3 Å². The van der Waals surface area contributed by atoms with Crippen molar-refractivity contribution in [3.05, 3.63) is 48.0 Å². The maximum Gasteiger partial charge on any atom is 0.141 e. The molecule has 1 fully saturated rings. The minimum Gasteiger partial charge on any atom is -0.492 e. The molecule has 0 saturated carbocycles. The SMILES string of the molecule is CCCCn1c(-c2ccc(C(C)(C)C)cc2)nc2ccc(OCCN3CCNCC3)cc21. The number of aryl methyl sites for hydroxylation is 1. The van der Waals surface area contributed by atoms with Gasteiger partial charge in [-0.3, -0.25) is 4.90 Å². The number of hydrogen-bond donors (Lipinski definition) is 1. The van der Waals surface area contributed by atoms with Gasteiger partial charge in [0, 0.05) is 50.9 Å². The fourth-order valence-electron chi connectivity index (χ4n) is 4.30. The highest BCUT2D eigenvalue weighted by molar-refractivity contribution is 5.82. The summed E-state index contributed by atoms with van der Waals surface area (Å²) < 4.78 is 8.51. The smallest absolute Gasteiger partial charge is 0.141 e. The molecule has 2 heterocycles. The van der Waals surface area contributed by atoms with Crippen LogP contribution in [0.15, 0.2) is 42.5 Å². The lowest BCUT2D eigenvalue weighted by Crippen LogP contribution is -2.44. The summed E-state index contributed by atoms with van der Waals surface area (Å²) in [5, 5.41) is 3.40. The van der Waals surface area contributed by atoms with Gasteiger partial charge in [0.15, 0.2) is 0 Å². The molecule has 32 heavy (non-hydrogen) atoms. The summed E-state index contributed by atoms with van der Waals surface area (Å²) >= 11 is 0. The molecule has 5 nitrogen and oxygen atoms in total. The summed E-state index contributed by atoms with van der Waals surface area (Å²) in [6.07, 6.45) is 2.29. The number of piperazine rings is 1. The number of unbranched alkanes of at least 4 members (excludes halogenated alkanes) is 1. The minimum absolute atomic E-state index is 0.151. The zero-order valence-electron chi connectivity index (χ0n) is 20.2. The van der Waals surface area contributed by atoms with E-state index >= 15 is 0 Å². The van der Waals surface area contributed by atoms with E-state index in [1.807, 2.05) is 0 Å². The lowest BCUT2D eigenvalue weighted by atomic mass is 9.87. The topological polar surface area (TPSA) is 42.3 Å². The van der Waals surface area contributed by atoms with Crippen LogP contribution in [0.2, 0.25) is 0 Å². The predicted molar refractivity (Wildman–Crippen MR) is 134 cm³/mol. The van der Waals surface area contributed by atoms with Gasteiger partial charge in [-0.1, -0.05) is 58.4 Å². The van der Waals surface area contributed by atoms with Crippen molar-refractivity contribution < 1.29 is 4.74 Å². The van der Waals surface area contributed by atoms with E-state index in [1.54, 1.807) is 0 Å². The summed E-state index contributed by atoms with van der Waals surface area (Å²) in [4.78, 5) is 7.47. The Balaban J connectivity index is 1.57. The molecule has 1 aliphatic heterocycles. The normalized spacial score (nSPS) is 15.4. The molecule has 5 heteroatoms. The maximum absolute atomic E-state index is 6.14. The first-order chi connectivity index (χ1) is 15.5. The Bertz CT molecular complexity index is 1010. The van der Waals surface area contributed by atoms with Crippen LogP contribution in [-0.4, -0.2) is 53.8 Å². The average Bonchev–Trinajstić information content (AvgIpc) is 3.15. The standard InChI is InChI=1S/C27H38N4O/c1-5-6-15-31-25-20-23(32-19-18-30-16-13-28-14-17-30)11-12-24(25)29-26(31)21-7-9-22(10-8-21)27(2,3)4/h7-12,20,28H,5-6,13-19H2,1-4H3. The third kappa shape index (κ3) is 5.33. The zero-order chi connectivity index (χ0) is 22.6. The molecule has 0 bridgehead atoms. The van der Waals surface area contributed by atoms with Crippen molar-refractivity contribution in [1.29, 1.82) is 0 Å². The lowest BCUT2D eigenvalue weighted by Gasteiger charge is -2.26. The molecule has 4 rings (SSSR count). The lowest BCUT2D eigenvalue weighted by molar-refractivity contribution is 0.191. The largest absolute Gasteiger partial charge is 0.492 e. The van der Waals surface area contributed by atoms with Gasteiger partial charge in [-0.2, -0.15) is 0 Å². The third-order valence-electron chi connectivity index (χ3n) is 6.35. The van der Waals surface area contributed by atoms with E-state index in [0.29, 0.717) is 0 Å². The van der Waals surface area contributed by atoms with E-state index in [1.165, 1.54) is 11.1 Å². The summed E-state index contributed by atoms with van der Waals surface area (Å²) in [5.74, 6) is 1.98. The number of imidazole rings is 1. The number of aromatic nitrogens is 2. The van der Waals surface area contributed by atoms with Crippen molar-refractivity contribution in [2.75, 3.05) is 39.3 Å². The summed E-state index contributed by atoms with van der Waals surface area (Å²) in [6.45, 7) is 16.0. The van der Waals surface area contributed by atoms with Gasteiger partial charge in [-0.25, -0.2) is 4.98 Å². The van der Waals surface area contributed by atoms with Crippen molar-refractivity contribution in [1.82, 2.24) is 19.8 Å². The highest BCUT2D eigenvalue weighted by atomic mass is 16.5. The van der Waals surface area contributed by atoms with Crippen LogP contribution in [0, 0.1) is 0 Å². The van der Waals surface area contributed by atoms with E-state index < -0.39 is 0 Å². The van der Waals surface area contributed by atoms with E-state index in [2.05, 4.69) is 84.9 Å². The van der Waals surface area contributed by atoms with Crippen LogP contribution in [0.1, 0.15) is 46.1 Å². The molecule has 0 aliphatic carbocycles. The summed E-state index contributed by atoms with van der Waals surface area (Å²) in [5.41, 5.74) is 4.86. The molecule has 1 N–H and O–H groups in total. The Morgan fingerprint density at radius 3 is 2.44 bits per heavy atom. The number of ether oxygens (including phenoxy) is 1. The fourth-order valence-corrected chi connectivity index (χ4v) is 4.30. The molecule has 0 atom stereocenters. The number of benzene rings is 2. The molecule has 3 aromatic rings. The summed E-state index contributed by atoms with van der Waals surface area (Å²) in [6, 6.07) is 15.2. The monoisotopic (exact) mass is 434 g/mol. The predicted octanol–water partition coefficient (Wildman–Crippen LogP) is 5.08. The Hall–Kier alpha value is -2.37. The first kappa shape index (κ1) is 22.8. The molecule has 0 unspecified atom stereocenters. The Kier molecular flexibility index (Phi) is 7.17. The molecule has 1 aliphatic rings. The number of fused-ring (bicyclic) bond motifs is 1. The van der Waals surface area contributed by atoms with Gasteiger partial charge < -0.3 is 14.6 Å². The molecule has 172 valence electrons. The van der Waals surface area contributed by atoms with Crippen LogP contribution >= 0.6 is 0 Å². The highest BCUT2D eigenvalue weighted by Gasteiger charge is 2.17. The molecule has 1 aromatic heterocycles. The van der Waals surface area contributed by atoms with Gasteiger partial charge in [0.05, 0.1) is 11.0 Å². The average molecular weight is 435 g/mol. The number of nitrogens with one attached hydrogen (secondary N) is 1. The van der Waals surface area contributed by atoms with Gasteiger partial charge in [0.2, 0.25) is 0 Å². The van der Waals surface area contributed by atoms with Crippen LogP contribution in [0.3, 0.4) is 0 Å². The van der Waals surface area contributed by atoms with Crippen LogP contribution in [0.4, 0.5) is 0 Å². The Labute approximate surface area is 192 Å². The van der Waals surface area contributed by atoms with Gasteiger partial charge >= 0.3 is 0 Å². The van der Waals surface area contributed by atoms with Crippen LogP contribution in [-0.2, 0) is 12.0 Å². The first-order valence-electron chi connectivity index (χ1n) is 12.1. The second kappa shape index (κ2) is 10.1. The second-order valence-corrected chi connectivity index (χ2v) is 9.86. The van der Waals surface area contributed by atoms with Gasteiger partial charge in [-0.05, 0) is 29.5 Å². The van der Waals surface area contributed by atoms with Crippen LogP contribution in [0.5, 0.6) is 5.75 Å². The zero-order valence-corrected chi connectivity index (χ0v) is 20.2. The Morgan fingerprint density at radius 1 is 1.00 bits per heavy atom. The Morgan fingerprint density at radius 2 is 1.75 bits per heavy atom. The quantitative estimate of drug-likeness (QED) is 0.537. The van der Waals surface area contributed by atoms with Crippen molar-refractivity contribution in [3.8, 4) is 17.1 Å². The summed E-state index contributed by atoms with van der Waals surface area (Å²) in [7, 11) is 0. The van der Waals surface area contributed by atoms with Gasteiger partial charge in [0.1, 0.15) is 18.2 Å². The van der Waals surface area contributed by atoms with Crippen molar-refractivity contribution >= 4 is 11.0 Å². The van der Waals surface area contributed by atoms with E-state index in [-0.39, 0.29) is 5.41 Å². The molecule has 0 spiro atoms. The van der Waals surface area contributed by atoms with Crippen molar-refractivity contribution in [3.63, 3.8) is 0 Å². The highest BCUT2D eigenvalue weighted by Crippen LogP contribution is 2.30. The van der Waals surface area contributed by atoms with Gasteiger partial charge in [-0.15, -0.1) is 0 Å². The molecule has 0 amide bonds. The van der Waals surface area contributed by atoms with Crippen molar-refractivity contribution in [2.45, 2.75) is 52.5 Å². The molecule has 2 aromatic carbocycles. The number of hydrogen-bond acceptors (Lipinski definition) is 4. The molecular formula is C27H38N4O. The second-order valence-electron chi connectivity index (χ2n) is 9.86. The number of nitrogens with zero attached hydrogens (tertiary/aromatic N) is 3. The molecular weight excluding hydrogens is 396 g/mol. The maximum atomic E-state index is 6.14. The third-order valence-corrected chi connectivity index (χ3v) is 6.35. The fraction of sp³-hybridized carbons (Fsp3) is 0.519. The van der Waals surface area contributed by atoms with Gasteiger partial charge in [0.25, 0.3) is 0 Å². The van der Waals surface area contributed by atoms with Crippen LogP contribution in [0.25, 0.3) is 22.4 Å². The van der Waals surface area contributed by atoms with Crippen LogP contribution < -0.4 is 10.1 Å².